The number of ketones is 1. The van der Waals surface area contributed by atoms with Crippen LogP contribution >= 0.6 is 0 Å². The van der Waals surface area contributed by atoms with Gasteiger partial charge in [0.2, 0.25) is 0 Å². The first-order valence-corrected chi connectivity index (χ1v) is 6.64. The number of benzene rings is 2. The third kappa shape index (κ3) is 2.67. The molecule has 0 aliphatic carbocycles. The summed E-state index contributed by atoms with van der Waals surface area (Å²) in [5.74, 6) is 0.265. The summed E-state index contributed by atoms with van der Waals surface area (Å²) in [5.41, 5.74) is 6.10. The highest BCUT2D eigenvalue weighted by Crippen LogP contribution is 2.31. The van der Waals surface area contributed by atoms with Crippen molar-refractivity contribution in [1.82, 2.24) is 0 Å². The summed E-state index contributed by atoms with van der Waals surface area (Å²) < 4.78 is 24.5. The number of nitrogen functional groups attached to an aromatic ring is 1. The van der Waals surface area contributed by atoms with Crippen molar-refractivity contribution in [1.29, 1.82) is 0 Å². The van der Waals surface area contributed by atoms with E-state index in [1.54, 1.807) is 18.2 Å². The van der Waals surface area contributed by atoms with Gasteiger partial charge in [0, 0.05) is 17.5 Å². The summed E-state index contributed by atoms with van der Waals surface area (Å²) in [7, 11) is 0. The lowest BCUT2D eigenvalue weighted by Gasteiger charge is -2.09. The number of anilines is 1. The molecule has 5 heteroatoms. The van der Waals surface area contributed by atoms with Gasteiger partial charge in [-0.15, -0.1) is 0 Å². The Morgan fingerprint density at radius 2 is 1.67 bits per heavy atom. The SMILES string of the molecule is Nc1ccc(C(=O)c2ccc3c(c2)OCCCO3)cc1F. The van der Waals surface area contributed by atoms with Crippen LogP contribution in [0.15, 0.2) is 36.4 Å². The van der Waals surface area contributed by atoms with Crippen molar-refractivity contribution in [3.8, 4) is 11.5 Å². The molecule has 4 nitrogen and oxygen atoms in total. The van der Waals surface area contributed by atoms with Crippen LogP contribution in [0.25, 0.3) is 0 Å². The average Bonchev–Trinajstić information content (AvgIpc) is 2.73. The molecule has 0 aromatic heterocycles. The third-order valence-corrected chi connectivity index (χ3v) is 3.27. The zero-order valence-corrected chi connectivity index (χ0v) is 11.3. The van der Waals surface area contributed by atoms with E-state index in [-0.39, 0.29) is 17.0 Å². The molecule has 0 spiro atoms. The molecule has 0 bridgehead atoms. The van der Waals surface area contributed by atoms with Crippen LogP contribution < -0.4 is 15.2 Å². The molecule has 1 aliphatic heterocycles. The first-order chi connectivity index (χ1) is 10.1. The van der Waals surface area contributed by atoms with E-state index in [1.165, 1.54) is 12.1 Å². The number of fused-ring (bicyclic) bond motifs is 1. The van der Waals surface area contributed by atoms with Crippen molar-refractivity contribution in [2.45, 2.75) is 6.42 Å². The minimum absolute atomic E-state index is 0.0187. The van der Waals surface area contributed by atoms with Crippen LogP contribution in [0.3, 0.4) is 0 Å². The van der Waals surface area contributed by atoms with Gasteiger partial charge in [0.05, 0.1) is 18.9 Å². The number of ether oxygens (including phenoxy) is 2. The molecule has 21 heavy (non-hydrogen) atoms. The highest BCUT2D eigenvalue weighted by atomic mass is 19.1. The molecule has 0 saturated carbocycles. The van der Waals surface area contributed by atoms with E-state index in [1.807, 2.05) is 0 Å². The molecule has 0 saturated heterocycles. The summed E-state index contributed by atoms with van der Waals surface area (Å²) in [5, 5.41) is 0. The maximum atomic E-state index is 13.5. The molecular weight excluding hydrogens is 273 g/mol. The maximum Gasteiger partial charge on any atom is 0.193 e. The van der Waals surface area contributed by atoms with Crippen molar-refractivity contribution < 1.29 is 18.7 Å². The van der Waals surface area contributed by atoms with Crippen LogP contribution in [0.2, 0.25) is 0 Å². The molecule has 0 atom stereocenters. The van der Waals surface area contributed by atoms with Gasteiger partial charge in [0.1, 0.15) is 5.82 Å². The fraction of sp³-hybridized carbons (Fsp3) is 0.188. The second-order valence-corrected chi connectivity index (χ2v) is 4.78. The van der Waals surface area contributed by atoms with Gasteiger partial charge in [0.15, 0.2) is 17.3 Å². The number of rotatable bonds is 2. The molecule has 2 aromatic carbocycles. The minimum Gasteiger partial charge on any atom is -0.490 e. The van der Waals surface area contributed by atoms with Crippen molar-refractivity contribution in [2.24, 2.45) is 0 Å². The van der Waals surface area contributed by atoms with E-state index in [0.717, 1.165) is 12.5 Å². The fourth-order valence-electron chi connectivity index (χ4n) is 2.14. The van der Waals surface area contributed by atoms with E-state index in [9.17, 15) is 9.18 Å². The Balaban J connectivity index is 1.94. The lowest BCUT2D eigenvalue weighted by molar-refractivity contribution is 0.103. The smallest absolute Gasteiger partial charge is 0.193 e. The lowest BCUT2D eigenvalue weighted by Crippen LogP contribution is -2.04. The molecule has 1 heterocycles. The Morgan fingerprint density at radius 1 is 1.00 bits per heavy atom. The molecule has 108 valence electrons. The van der Waals surface area contributed by atoms with Crippen molar-refractivity contribution in [2.75, 3.05) is 18.9 Å². The molecule has 0 unspecified atom stereocenters. The number of hydrogen-bond donors (Lipinski definition) is 1. The van der Waals surface area contributed by atoms with E-state index < -0.39 is 5.82 Å². The van der Waals surface area contributed by atoms with Gasteiger partial charge < -0.3 is 15.2 Å². The molecule has 3 rings (SSSR count). The van der Waals surface area contributed by atoms with Crippen LogP contribution in [0, 0.1) is 5.82 Å². The topological polar surface area (TPSA) is 61.6 Å². The van der Waals surface area contributed by atoms with Gasteiger partial charge >= 0.3 is 0 Å². The molecule has 2 aromatic rings. The number of nitrogens with two attached hydrogens (primary N) is 1. The molecule has 0 fully saturated rings. The third-order valence-electron chi connectivity index (χ3n) is 3.27. The van der Waals surface area contributed by atoms with Crippen LogP contribution in [0.4, 0.5) is 10.1 Å². The predicted molar refractivity (Wildman–Crippen MR) is 76.3 cm³/mol. The van der Waals surface area contributed by atoms with Crippen LogP contribution in [-0.2, 0) is 0 Å². The van der Waals surface area contributed by atoms with E-state index in [2.05, 4.69) is 0 Å². The van der Waals surface area contributed by atoms with Crippen molar-refractivity contribution in [3.05, 3.63) is 53.3 Å². The normalized spacial score (nSPS) is 13.6. The summed E-state index contributed by atoms with van der Waals surface area (Å²) in [6.45, 7) is 1.13. The zero-order valence-electron chi connectivity index (χ0n) is 11.3. The zero-order chi connectivity index (χ0) is 14.8. The summed E-state index contributed by atoms with van der Waals surface area (Å²) in [4.78, 5) is 12.4. The predicted octanol–water partition coefficient (Wildman–Crippen LogP) is 2.80. The summed E-state index contributed by atoms with van der Waals surface area (Å²) in [6, 6.07) is 8.99. The Bertz CT molecular complexity index is 700. The van der Waals surface area contributed by atoms with Gasteiger partial charge in [-0.2, -0.15) is 0 Å². The Morgan fingerprint density at radius 3 is 2.43 bits per heavy atom. The molecule has 2 N–H and O–H groups in total. The Labute approximate surface area is 121 Å². The number of halogens is 1. The largest absolute Gasteiger partial charge is 0.490 e. The second kappa shape index (κ2) is 5.44. The fourth-order valence-corrected chi connectivity index (χ4v) is 2.14. The van der Waals surface area contributed by atoms with Crippen LogP contribution in [0.1, 0.15) is 22.3 Å². The molecule has 0 radical (unpaired) electrons. The van der Waals surface area contributed by atoms with E-state index >= 15 is 0 Å². The van der Waals surface area contributed by atoms with Crippen molar-refractivity contribution >= 4 is 11.5 Å². The van der Waals surface area contributed by atoms with Crippen LogP contribution in [-0.4, -0.2) is 19.0 Å². The average molecular weight is 287 g/mol. The second-order valence-electron chi connectivity index (χ2n) is 4.78. The van der Waals surface area contributed by atoms with Gasteiger partial charge in [-0.3, -0.25) is 4.79 Å². The Kier molecular flexibility index (Phi) is 3.48. The summed E-state index contributed by atoms with van der Waals surface area (Å²) in [6.07, 6.45) is 0.793. The summed E-state index contributed by atoms with van der Waals surface area (Å²) >= 11 is 0. The van der Waals surface area contributed by atoms with E-state index in [0.29, 0.717) is 30.3 Å². The first kappa shape index (κ1) is 13.4. The van der Waals surface area contributed by atoms with Gasteiger partial charge in [0.25, 0.3) is 0 Å². The standard InChI is InChI=1S/C16H14FNO3/c17-12-8-10(2-4-13(12)18)16(19)11-3-5-14-15(9-11)21-7-1-6-20-14/h2-5,8-9H,1,6-7,18H2. The quantitative estimate of drug-likeness (QED) is 0.681. The molecular formula is C16H14FNO3. The van der Waals surface area contributed by atoms with Gasteiger partial charge in [-0.05, 0) is 36.4 Å². The van der Waals surface area contributed by atoms with Crippen LogP contribution in [0.5, 0.6) is 11.5 Å². The number of carbonyl (C=O) groups excluding carboxylic acids is 1. The van der Waals surface area contributed by atoms with E-state index in [4.69, 9.17) is 15.2 Å². The molecule has 1 aliphatic rings. The highest BCUT2D eigenvalue weighted by Gasteiger charge is 2.16. The van der Waals surface area contributed by atoms with Gasteiger partial charge in [-0.25, -0.2) is 4.39 Å². The first-order valence-electron chi connectivity index (χ1n) is 6.64. The van der Waals surface area contributed by atoms with Gasteiger partial charge in [-0.1, -0.05) is 0 Å². The maximum absolute atomic E-state index is 13.5. The highest BCUT2D eigenvalue weighted by molar-refractivity contribution is 6.09. The number of hydrogen-bond acceptors (Lipinski definition) is 4. The Hall–Kier alpha value is -2.56. The monoisotopic (exact) mass is 287 g/mol. The van der Waals surface area contributed by atoms with Crippen molar-refractivity contribution in [3.63, 3.8) is 0 Å². The minimum atomic E-state index is -0.602. The molecule has 0 amide bonds. The lowest BCUT2D eigenvalue weighted by atomic mass is 10.0. The number of carbonyl (C=O) groups is 1.